The summed E-state index contributed by atoms with van der Waals surface area (Å²) in [6, 6.07) is 3.53. The Hall–Kier alpha value is -1.84. The third-order valence-electron chi connectivity index (χ3n) is 5.31. The molecule has 1 aromatic heterocycles. The largest absolute Gasteiger partial charge is 0.341 e. The second kappa shape index (κ2) is 7.20. The predicted octanol–water partition coefficient (Wildman–Crippen LogP) is 2.95. The number of nitrogens with zero attached hydrogens (tertiary/aromatic N) is 1. The van der Waals surface area contributed by atoms with E-state index in [9.17, 15) is 22.0 Å². The summed E-state index contributed by atoms with van der Waals surface area (Å²) >= 11 is 1.36. The molecule has 0 spiro atoms. The summed E-state index contributed by atoms with van der Waals surface area (Å²) in [7, 11) is -3.31. The molecule has 9 heteroatoms. The lowest BCUT2D eigenvalue weighted by molar-refractivity contribution is -0.131. The topological polar surface area (TPSA) is 66.5 Å². The molecular weight excluding hydrogens is 406 g/mol. The zero-order valence-corrected chi connectivity index (χ0v) is 16.8. The van der Waals surface area contributed by atoms with Gasteiger partial charge in [-0.3, -0.25) is 4.79 Å². The van der Waals surface area contributed by atoms with E-state index in [2.05, 4.69) is 4.72 Å². The van der Waals surface area contributed by atoms with Gasteiger partial charge in [-0.1, -0.05) is 6.07 Å². The summed E-state index contributed by atoms with van der Waals surface area (Å²) < 4.78 is 53.7. The Labute approximate surface area is 166 Å². The number of likely N-dealkylation sites (tertiary alicyclic amines) is 1. The number of sulfonamides is 1. The van der Waals surface area contributed by atoms with E-state index < -0.39 is 21.7 Å². The second-order valence-electron chi connectivity index (χ2n) is 7.45. The molecule has 0 unspecified atom stereocenters. The second-order valence-corrected chi connectivity index (χ2v) is 9.97. The molecule has 1 N–H and O–H groups in total. The van der Waals surface area contributed by atoms with Gasteiger partial charge in [-0.2, -0.15) is 11.3 Å². The quantitative estimate of drug-likeness (QED) is 0.800. The van der Waals surface area contributed by atoms with Gasteiger partial charge in [0.2, 0.25) is 15.9 Å². The Morgan fingerprint density at radius 3 is 2.64 bits per heavy atom. The first-order chi connectivity index (χ1) is 13.2. The normalized spacial score (nSPS) is 24.5. The first-order valence-electron chi connectivity index (χ1n) is 9.01. The Morgan fingerprint density at radius 2 is 1.96 bits per heavy atom. The van der Waals surface area contributed by atoms with Crippen molar-refractivity contribution in [3.8, 4) is 11.1 Å². The van der Waals surface area contributed by atoms with Crippen molar-refractivity contribution in [2.45, 2.75) is 24.8 Å². The molecule has 28 heavy (non-hydrogen) atoms. The van der Waals surface area contributed by atoms with Gasteiger partial charge in [-0.15, -0.1) is 0 Å². The highest BCUT2D eigenvalue weighted by molar-refractivity contribution is 7.88. The van der Waals surface area contributed by atoms with Crippen molar-refractivity contribution in [3.63, 3.8) is 0 Å². The van der Waals surface area contributed by atoms with Gasteiger partial charge in [0.15, 0.2) is 0 Å². The number of amides is 1. The Morgan fingerprint density at radius 1 is 1.25 bits per heavy atom. The maximum Gasteiger partial charge on any atom is 0.226 e. The Kier molecular flexibility index (Phi) is 5.01. The van der Waals surface area contributed by atoms with Crippen molar-refractivity contribution in [2.75, 3.05) is 19.3 Å². The van der Waals surface area contributed by atoms with Crippen LogP contribution in [0, 0.1) is 17.6 Å². The van der Waals surface area contributed by atoms with Crippen molar-refractivity contribution in [1.29, 1.82) is 0 Å². The highest BCUT2D eigenvalue weighted by Gasteiger charge is 2.48. The van der Waals surface area contributed by atoms with Crippen molar-refractivity contribution >= 4 is 27.3 Å². The summed E-state index contributed by atoms with van der Waals surface area (Å²) in [4.78, 5) is 14.5. The molecule has 1 aromatic carbocycles. The van der Waals surface area contributed by atoms with Gasteiger partial charge >= 0.3 is 0 Å². The number of nitrogens with one attached hydrogen (secondary N) is 1. The molecule has 1 saturated carbocycles. The molecule has 1 aliphatic heterocycles. The summed E-state index contributed by atoms with van der Waals surface area (Å²) in [6.45, 7) is 0.862. The minimum Gasteiger partial charge on any atom is -0.341 e. The maximum atomic E-state index is 14.2. The molecule has 3 atom stereocenters. The van der Waals surface area contributed by atoms with Gasteiger partial charge in [0.25, 0.3) is 0 Å². The van der Waals surface area contributed by atoms with Crippen molar-refractivity contribution in [3.05, 3.63) is 46.2 Å². The zero-order valence-electron chi connectivity index (χ0n) is 15.2. The highest BCUT2D eigenvalue weighted by Crippen LogP contribution is 2.52. The van der Waals surface area contributed by atoms with Crippen LogP contribution >= 0.6 is 11.3 Å². The number of carbonyl (C=O) groups is 1. The molecular formula is C19H20F2N2O3S2. The van der Waals surface area contributed by atoms with E-state index in [1.54, 1.807) is 10.3 Å². The van der Waals surface area contributed by atoms with Crippen LogP contribution < -0.4 is 4.72 Å². The first kappa shape index (κ1) is 19.5. The third kappa shape index (κ3) is 3.83. The predicted molar refractivity (Wildman–Crippen MR) is 103 cm³/mol. The molecule has 2 aliphatic rings. The van der Waals surface area contributed by atoms with Crippen LogP contribution in [0.4, 0.5) is 8.78 Å². The minimum atomic E-state index is -3.31. The van der Waals surface area contributed by atoms with E-state index >= 15 is 0 Å². The number of halogens is 2. The SMILES string of the molecule is CS(=O)(=O)N[C@@H]1CCN(C(=O)[C@@H]2C[C@H]2c2cscc2-c2c(F)cccc2F)C1. The summed E-state index contributed by atoms with van der Waals surface area (Å²) in [5.74, 6) is -1.53. The lowest BCUT2D eigenvalue weighted by Crippen LogP contribution is -2.38. The molecule has 1 amide bonds. The molecule has 2 aromatic rings. The van der Waals surface area contributed by atoms with Crippen LogP contribution in [0.3, 0.4) is 0 Å². The van der Waals surface area contributed by atoms with E-state index in [0.29, 0.717) is 31.5 Å². The number of thiophene rings is 1. The summed E-state index contributed by atoms with van der Waals surface area (Å²) in [6.07, 6.45) is 2.33. The third-order valence-corrected chi connectivity index (χ3v) is 6.84. The number of benzene rings is 1. The zero-order chi connectivity index (χ0) is 20.1. The van der Waals surface area contributed by atoms with Crippen LogP contribution in [-0.2, 0) is 14.8 Å². The van der Waals surface area contributed by atoms with Gasteiger partial charge in [0, 0.05) is 30.6 Å². The fourth-order valence-corrected chi connectivity index (χ4v) is 5.66. The lowest BCUT2D eigenvalue weighted by atomic mass is 9.99. The van der Waals surface area contributed by atoms with Crippen molar-refractivity contribution in [2.24, 2.45) is 5.92 Å². The van der Waals surface area contributed by atoms with Crippen LogP contribution in [0.1, 0.15) is 24.3 Å². The smallest absolute Gasteiger partial charge is 0.226 e. The fraction of sp³-hybridized carbons (Fsp3) is 0.421. The standard InChI is InChI=1S/C19H20F2N2O3S2/c1-28(25,26)22-11-5-6-23(8-11)19(24)13-7-12(13)14-9-27-10-15(14)18-16(20)3-2-4-17(18)21/h2-4,9-13,22H,5-8H2,1H3/t11-,12-,13-/m1/s1. The molecule has 1 aliphatic carbocycles. The van der Waals surface area contributed by atoms with Crippen molar-refractivity contribution in [1.82, 2.24) is 9.62 Å². The molecule has 5 nitrogen and oxygen atoms in total. The van der Waals surface area contributed by atoms with E-state index in [1.165, 1.54) is 29.5 Å². The number of carbonyl (C=O) groups excluding carboxylic acids is 1. The average Bonchev–Trinajstić information content (AvgIpc) is 3.02. The van der Waals surface area contributed by atoms with Gasteiger partial charge in [0.1, 0.15) is 11.6 Å². The van der Waals surface area contributed by atoms with Crippen LogP contribution in [-0.4, -0.2) is 44.6 Å². The molecule has 0 bridgehead atoms. The molecule has 0 radical (unpaired) electrons. The van der Waals surface area contributed by atoms with E-state index in [0.717, 1.165) is 11.8 Å². The molecule has 1 saturated heterocycles. The minimum absolute atomic E-state index is 0.0195. The van der Waals surface area contributed by atoms with Gasteiger partial charge in [-0.05, 0) is 47.2 Å². The van der Waals surface area contributed by atoms with E-state index in [1.807, 2.05) is 5.38 Å². The summed E-state index contributed by atoms with van der Waals surface area (Å²) in [5, 5.41) is 3.58. The molecule has 150 valence electrons. The molecule has 2 fully saturated rings. The summed E-state index contributed by atoms with van der Waals surface area (Å²) in [5.41, 5.74) is 1.27. The van der Waals surface area contributed by atoms with Gasteiger partial charge in [0.05, 0.1) is 11.8 Å². The Balaban J connectivity index is 1.47. The molecule has 4 rings (SSSR count). The Bertz CT molecular complexity index is 1000. The number of hydrogen-bond donors (Lipinski definition) is 1. The van der Waals surface area contributed by atoms with Gasteiger partial charge < -0.3 is 4.90 Å². The fourth-order valence-electron chi connectivity index (χ4n) is 3.96. The number of hydrogen-bond acceptors (Lipinski definition) is 4. The lowest BCUT2D eigenvalue weighted by Gasteiger charge is -2.17. The number of rotatable bonds is 5. The van der Waals surface area contributed by atoms with Crippen LogP contribution in [0.5, 0.6) is 0 Å². The average molecular weight is 427 g/mol. The highest BCUT2D eigenvalue weighted by atomic mass is 32.2. The van der Waals surface area contributed by atoms with Crippen LogP contribution in [0.15, 0.2) is 29.0 Å². The van der Waals surface area contributed by atoms with Crippen molar-refractivity contribution < 1.29 is 22.0 Å². The monoisotopic (exact) mass is 426 g/mol. The van der Waals surface area contributed by atoms with Crippen LogP contribution in [0.2, 0.25) is 0 Å². The van der Waals surface area contributed by atoms with Gasteiger partial charge in [-0.25, -0.2) is 21.9 Å². The first-order valence-corrected chi connectivity index (χ1v) is 11.8. The van der Waals surface area contributed by atoms with Crippen LogP contribution in [0.25, 0.3) is 11.1 Å². The maximum absolute atomic E-state index is 14.2. The van der Waals surface area contributed by atoms with E-state index in [-0.39, 0.29) is 29.3 Å². The van der Waals surface area contributed by atoms with E-state index in [4.69, 9.17) is 0 Å². The molecule has 2 heterocycles.